The minimum absolute atomic E-state index is 0.0525. The molecule has 0 saturated carbocycles. The smallest absolute Gasteiger partial charge is 0.260 e. The Morgan fingerprint density at radius 1 is 0.947 bits per heavy atom. The molecule has 1 spiro atoms. The number of rotatable bonds is 2. The lowest BCUT2D eigenvalue weighted by molar-refractivity contribution is 0.111. The van der Waals surface area contributed by atoms with E-state index in [0.29, 0.717) is 16.3 Å². The summed E-state index contributed by atoms with van der Waals surface area (Å²) in [5.74, 6) is -2.70. The third-order valence-electron chi connectivity index (χ3n) is 7.50. The zero-order chi connectivity index (χ0) is 27.4. The zero-order valence-electron chi connectivity index (χ0n) is 19.2. The number of nitrogens with one attached hydrogen (secondary N) is 1. The molecule has 0 bridgehead atoms. The lowest BCUT2D eigenvalue weighted by atomic mass is 9.78. The Morgan fingerprint density at radius 2 is 1.58 bits per heavy atom. The highest BCUT2D eigenvalue weighted by Crippen LogP contribution is 2.56. The van der Waals surface area contributed by atoms with E-state index in [1.165, 1.54) is 6.07 Å². The van der Waals surface area contributed by atoms with Gasteiger partial charge in [0.2, 0.25) is 16.3 Å². The van der Waals surface area contributed by atoms with Crippen LogP contribution in [0, 0.1) is 10.4 Å². The fraction of sp³-hybridized carbons (Fsp3) is 0.154. The molecule has 1 unspecified atom stereocenters. The van der Waals surface area contributed by atoms with Crippen LogP contribution < -0.4 is 42.4 Å². The Hall–Kier alpha value is -4.58. The van der Waals surface area contributed by atoms with E-state index in [9.17, 15) is 44.1 Å². The molecular formula is C26H14BrNO10. The summed E-state index contributed by atoms with van der Waals surface area (Å²) < 4.78 is 5.16. The number of carbonyl (C=O) groups is 1. The molecular weight excluding hydrogens is 566 g/mol. The molecule has 0 amide bonds. The largest absolute Gasteiger partial charge is 0.510 e. The van der Waals surface area contributed by atoms with Gasteiger partial charge in [-0.2, -0.15) is 0 Å². The van der Waals surface area contributed by atoms with Crippen molar-refractivity contribution in [1.29, 1.82) is 0 Å². The predicted molar refractivity (Wildman–Crippen MR) is 136 cm³/mol. The topological polar surface area (TPSA) is 188 Å². The van der Waals surface area contributed by atoms with E-state index in [1.54, 1.807) is 0 Å². The van der Waals surface area contributed by atoms with E-state index in [0.717, 1.165) is 13.2 Å². The van der Waals surface area contributed by atoms with Crippen LogP contribution in [-0.2, 0) is 11.8 Å². The standard InChI is InChI=1S/C26H14BrNO10/c1-38-11-5-10(30)13-14(19(11)31)21(33)16-15(20(13)32)23(35)26(24(16)36)3-2-8-17(26)22(34)12-9(18(8)27)4-7(6-29)28-25(12)37/h4-6,34-36H,2-3H2,1H3,(H,28,37). The van der Waals surface area contributed by atoms with Crippen LogP contribution in [0.25, 0.3) is 22.3 Å². The summed E-state index contributed by atoms with van der Waals surface area (Å²) in [7, 11) is 1.11. The molecule has 1 aromatic carbocycles. The van der Waals surface area contributed by atoms with Gasteiger partial charge in [-0.15, -0.1) is 0 Å². The van der Waals surface area contributed by atoms with E-state index in [2.05, 4.69) is 20.9 Å². The number of aliphatic hydroxyl groups excluding tert-OH is 2. The number of aromatic amines is 1. The van der Waals surface area contributed by atoms with Crippen LogP contribution in [0.15, 0.2) is 40.6 Å². The number of benzene rings is 1. The molecule has 4 aliphatic carbocycles. The number of hydrogen-bond donors (Lipinski definition) is 4. The number of hydrogen-bond acceptors (Lipinski definition) is 10. The van der Waals surface area contributed by atoms with E-state index in [4.69, 9.17) is 4.74 Å². The quantitative estimate of drug-likeness (QED) is 0.216. The molecule has 2 aromatic rings. The zero-order valence-corrected chi connectivity index (χ0v) is 20.8. The van der Waals surface area contributed by atoms with Crippen LogP contribution in [0.5, 0.6) is 11.5 Å². The summed E-state index contributed by atoms with van der Waals surface area (Å²) in [6.07, 6.45) is 0.383. The number of aromatic hydroxyl groups is 1. The van der Waals surface area contributed by atoms with Crippen molar-refractivity contribution in [3.05, 3.63) is 106 Å². The summed E-state index contributed by atoms with van der Waals surface area (Å²) in [4.78, 5) is 78.9. The first-order chi connectivity index (χ1) is 18.0. The van der Waals surface area contributed by atoms with Crippen molar-refractivity contribution in [3.63, 3.8) is 0 Å². The highest BCUT2D eigenvalue weighted by molar-refractivity contribution is 9.10. The molecule has 12 heteroatoms. The number of fused-ring (bicyclic) bond motifs is 4. The minimum atomic E-state index is -2.01. The van der Waals surface area contributed by atoms with Crippen molar-refractivity contribution in [2.45, 2.75) is 18.3 Å². The van der Waals surface area contributed by atoms with Crippen LogP contribution in [0.1, 0.15) is 28.0 Å². The number of aromatic nitrogens is 1. The summed E-state index contributed by atoms with van der Waals surface area (Å²) in [6, 6.07) is 2.11. The maximum absolute atomic E-state index is 13.5. The van der Waals surface area contributed by atoms with Crippen LogP contribution in [-0.4, -0.2) is 33.7 Å². The molecule has 0 saturated heterocycles. The van der Waals surface area contributed by atoms with Crippen molar-refractivity contribution in [2.24, 2.45) is 0 Å². The third-order valence-corrected chi connectivity index (χ3v) is 8.41. The molecule has 1 heterocycles. The van der Waals surface area contributed by atoms with Crippen molar-refractivity contribution >= 4 is 44.5 Å². The van der Waals surface area contributed by atoms with Gasteiger partial charge in [0.05, 0.1) is 39.1 Å². The number of aldehydes is 1. The Morgan fingerprint density at radius 3 is 2.18 bits per heavy atom. The van der Waals surface area contributed by atoms with Gasteiger partial charge in [-0.05, 0) is 40.4 Å². The SMILES string of the molecule is COc1cc(=O)c2c(=O)c3c(c(=O)c=2c1=O)=C(O)C1(CCc2c1c(O)c1c(=O)[nH]c(C=O)cc1c2Br)C=3O. The predicted octanol–water partition coefficient (Wildman–Crippen LogP) is -0.911. The number of pyridine rings is 1. The summed E-state index contributed by atoms with van der Waals surface area (Å²) in [5.41, 5.74) is -6.97. The van der Waals surface area contributed by atoms with Crippen LogP contribution >= 0.6 is 15.9 Å². The molecule has 0 fully saturated rings. The average molecular weight is 580 g/mol. The number of halogens is 1. The van der Waals surface area contributed by atoms with Gasteiger partial charge < -0.3 is 25.0 Å². The first-order valence-electron chi connectivity index (χ1n) is 11.1. The number of phenolic OH excluding ortho intramolecular Hbond substituents is 1. The van der Waals surface area contributed by atoms with Gasteiger partial charge in [0.15, 0.2) is 17.5 Å². The van der Waals surface area contributed by atoms with Crippen molar-refractivity contribution in [1.82, 2.24) is 4.98 Å². The number of ether oxygens (including phenoxy) is 1. The lowest BCUT2D eigenvalue weighted by Crippen LogP contribution is -2.51. The molecule has 190 valence electrons. The normalized spacial score (nSPS) is 17.9. The van der Waals surface area contributed by atoms with Gasteiger partial charge in [-0.1, -0.05) is 0 Å². The second-order valence-electron chi connectivity index (χ2n) is 9.14. The Labute approximate surface area is 216 Å². The number of aliphatic hydroxyl groups is 2. The van der Waals surface area contributed by atoms with Crippen molar-refractivity contribution < 1.29 is 24.9 Å². The second kappa shape index (κ2) is 7.48. The number of H-pyrrole nitrogens is 1. The van der Waals surface area contributed by atoms with E-state index in [1.807, 2.05) is 0 Å². The maximum atomic E-state index is 13.5. The Kier molecular flexibility index (Phi) is 4.68. The lowest BCUT2D eigenvalue weighted by Gasteiger charge is -2.27. The Bertz CT molecular complexity index is 2300. The van der Waals surface area contributed by atoms with Gasteiger partial charge in [0.1, 0.15) is 22.7 Å². The molecule has 6 rings (SSSR count). The first kappa shape index (κ1) is 23.8. The van der Waals surface area contributed by atoms with Crippen LogP contribution in [0.3, 0.4) is 0 Å². The molecule has 11 nitrogen and oxygen atoms in total. The van der Waals surface area contributed by atoms with Crippen LogP contribution in [0.2, 0.25) is 0 Å². The Balaban J connectivity index is 1.87. The highest BCUT2D eigenvalue weighted by Gasteiger charge is 2.53. The monoisotopic (exact) mass is 579 g/mol. The van der Waals surface area contributed by atoms with Gasteiger partial charge in [0, 0.05) is 21.5 Å². The first-order valence-corrected chi connectivity index (χ1v) is 11.9. The molecule has 1 atom stereocenters. The molecule has 1 aromatic heterocycles. The van der Waals surface area contributed by atoms with Crippen molar-refractivity contribution in [3.8, 4) is 11.5 Å². The maximum Gasteiger partial charge on any atom is 0.260 e. The summed E-state index contributed by atoms with van der Waals surface area (Å²) >= 11 is 3.39. The minimum Gasteiger partial charge on any atom is -0.510 e. The second-order valence-corrected chi connectivity index (χ2v) is 9.94. The molecule has 38 heavy (non-hydrogen) atoms. The fourth-order valence-electron chi connectivity index (χ4n) is 5.88. The van der Waals surface area contributed by atoms with Gasteiger partial charge in [0.25, 0.3) is 5.56 Å². The van der Waals surface area contributed by atoms with Gasteiger partial charge in [-0.3, -0.25) is 28.8 Å². The van der Waals surface area contributed by atoms with E-state index >= 15 is 0 Å². The molecule has 0 radical (unpaired) electrons. The van der Waals surface area contributed by atoms with E-state index < -0.39 is 76.6 Å². The van der Waals surface area contributed by atoms with E-state index in [-0.39, 0.29) is 34.9 Å². The number of methoxy groups -OCH3 is 1. The highest BCUT2D eigenvalue weighted by atomic mass is 79.9. The van der Waals surface area contributed by atoms with Crippen LogP contribution in [0.4, 0.5) is 0 Å². The molecule has 4 N–H and O–H groups in total. The third kappa shape index (κ3) is 2.52. The average Bonchev–Trinajstić information content (AvgIpc) is 3.40. The number of phenols is 1. The summed E-state index contributed by atoms with van der Waals surface area (Å²) in [5, 5.41) is 31.3. The van der Waals surface area contributed by atoms with Gasteiger partial charge >= 0.3 is 0 Å². The number of carbonyl (C=O) groups excluding carboxylic acids is 1. The molecule has 4 aliphatic rings. The summed E-state index contributed by atoms with van der Waals surface area (Å²) in [6.45, 7) is 0. The van der Waals surface area contributed by atoms with Gasteiger partial charge in [-0.25, -0.2) is 0 Å². The fourth-order valence-corrected chi connectivity index (χ4v) is 6.58. The molecule has 0 aliphatic heterocycles. The van der Waals surface area contributed by atoms with Crippen molar-refractivity contribution in [2.75, 3.05) is 7.11 Å².